The van der Waals surface area contributed by atoms with Gasteiger partial charge in [0.2, 0.25) is 0 Å². The molecule has 0 bridgehead atoms. The second kappa shape index (κ2) is 4.61. The van der Waals surface area contributed by atoms with E-state index in [1.165, 1.54) is 6.26 Å². The first-order valence-corrected chi connectivity index (χ1v) is 7.98. The summed E-state index contributed by atoms with van der Waals surface area (Å²) in [5.74, 6) is 0.801. The highest BCUT2D eigenvalue weighted by Gasteiger charge is 2.12. The van der Waals surface area contributed by atoms with Gasteiger partial charge in [-0.15, -0.1) is 0 Å². The van der Waals surface area contributed by atoms with E-state index in [1.807, 2.05) is 0 Å². The molecule has 0 unspecified atom stereocenters. The molecule has 0 atom stereocenters. The van der Waals surface area contributed by atoms with Crippen LogP contribution in [0.15, 0.2) is 23.1 Å². The van der Waals surface area contributed by atoms with Crippen LogP contribution < -0.4 is 5.32 Å². The van der Waals surface area contributed by atoms with Crippen LogP contribution in [0.3, 0.4) is 0 Å². The molecule has 0 spiro atoms. The Morgan fingerprint density at radius 2 is 2.00 bits per heavy atom. The van der Waals surface area contributed by atoms with Crippen LogP contribution in [-0.2, 0) is 16.4 Å². The lowest BCUT2D eigenvalue weighted by atomic mass is 10.1. The lowest BCUT2D eigenvalue weighted by molar-refractivity contribution is 0.419. The molecule has 104 valence electrons. The van der Waals surface area contributed by atoms with Gasteiger partial charge >= 0.3 is 0 Å². The van der Waals surface area contributed by atoms with Gasteiger partial charge in [-0.3, -0.25) is 0 Å². The van der Waals surface area contributed by atoms with Crippen molar-refractivity contribution in [3.05, 3.63) is 24.0 Å². The number of sulfone groups is 1. The molecular formula is C13H19N3O2S. The molecule has 19 heavy (non-hydrogen) atoms. The van der Waals surface area contributed by atoms with Crippen molar-refractivity contribution in [3.63, 3.8) is 0 Å². The van der Waals surface area contributed by atoms with E-state index in [2.05, 4.69) is 36.1 Å². The quantitative estimate of drug-likeness (QED) is 0.900. The second-order valence-corrected chi connectivity index (χ2v) is 7.75. The Balaban J connectivity index is 2.31. The number of hydrogen-bond donors (Lipinski definition) is 2. The fourth-order valence-electron chi connectivity index (χ4n) is 1.70. The van der Waals surface area contributed by atoms with Crippen molar-refractivity contribution < 1.29 is 8.42 Å². The number of imidazole rings is 1. The highest BCUT2D eigenvalue weighted by molar-refractivity contribution is 7.90. The predicted octanol–water partition coefficient (Wildman–Crippen LogP) is 1.85. The Hall–Kier alpha value is -1.40. The molecule has 0 saturated heterocycles. The minimum absolute atomic E-state index is 0.0108. The molecule has 5 nitrogen and oxygen atoms in total. The summed E-state index contributed by atoms with van der Waals surface area (Å²) in [5, 5.41) is 3.33. The van der Waals surface area contributed by atoms with Crippen LogP contribution in [0.1, 0.15) is 26.6 Å². The minimum Gasteiger partial charge on any atom is -0.341 e. The zero-order valence-electron chi connectivity index (χ0n) is 11.6. The van der Waals surface area contributed by atoms with E-state index >= 15 is 0 Å². The number of aromatic nitrogens is 2. The molecule has 0 saturated carbocycles. The maximum Gasteiger partial charge on any atom is 0.175 e. The highest BCUT2D eigenvalue weighted by Crippen LogP contribution is 2.17. The molecule has 0 amide bonds. The largest absolute Gasteiger partial charge is 0.341 e. The molecule has 2 N–H and O–H groups in total. The number of aromatic amines is 1. The summed E-state index contributed by atoms with van der Waals surface area (Å²) in [6, 6.07) is 4.93. The topological polar surface area (TPSA) is 74.8 Å². The normalized spacial score (nSPS) is 13.1. The van der Waals surface area contributed by atoms with E-state index in [-0.39, 0.29) is 5.54 Å². The number of fused-ring (bicyclic) bond motifs is 1. The average molecular weight is 281 g/mol. The van der Waals surface area contributed by atoms with Crippen molar-refractivity contribution >= 4 is 20.9 Å². The maximum absolute atomic E-state index is 11.5. The van der Waals surface area contributed by atoms with Crippen LogP contribution in [0.2, 0.25) is 0 Å². The predicted molar refractivity (Wildman–Crippen MR) is 75.8 cm³/mol. The van der Waals surface area contributed by atoms with E-state index in [4.69, 9.17) is 0 Å². The molecule has 2 aromatic rings. The van der Waals surface area contributed by atoms with Gasteiger partial charge in [0, 0.05) is 11.8 Å². The molecule has 1 heterocycles. The maximum atomic E-state index is 11.5. The van der Waals surface area contributed by atoms with Crippen molar-refractivity contribution in [3.8, 4) is 0 Å². The fourth-order valence-corrected chi connectivity index (χ4v) is 2.35. The number of nitrogens with one attached hydrogen (secondary N) is 2. The number of H-pyrrole nitrogens is 1. The number of rotatable bonds is 3. The smallest absolute Gasteiger partial charge is 0.175 e. The summed E-state index contributed by atoms with van der Waals surface area (Å²) in [4.78, 5) is 7.87. The number of nitrogens with zero attached hydrogens (tertiary/aromatic N) is 1. The zero-order valence-corrected chi connectivity index (χ0v) is 12.4. The van der Waals surface area contributed by atoms with Gasteiger partial charge in [0.25, 0.3) is 0 Å². The zero-order chi connectivity index (χ0) is 14.3. The van der Waals surface area contributed by atoms with Gasteiger partial charge < -0.3 is 10.3 Å². The van der Waals surface area contributed by atoms with Crippen molar-refractivity contribution in [2.75, 3.05) is 6.26 Å². The van der Waals surface area contributed by atoms with Gasteiger partial charge in [0.15, 0.2) is 9.84 Å². The average Bonchev–Trinajstić information content (AvgIpc) is 2.65. The Kier molecular flexibility index (Phi) is 3.40. The van der Waals surface area contributed by atoms with Crippen LogP contribution in [-0.4, -0.2) is 30.2 Å². The van der Waals surface area contributed by atoms with Crippen molar-refractivity contribution in [2.45, 2.75) is 37.8 Å². The molecule has 1 aromatic carbocycles. The molecule has 6 heteroatoms. The van der Waals surface area contributed by atoms with E-state index in [0.717, 1.165) is 16.9 Å². The molecule has 0 radical (unpaired) electrons. The van der Waals surface area contributed by atoms with Gasteiger partial charge in [-0.05, 0) is 39.0 Å². The van der Waals surface area contributed by atoms with Crippen LogP contribution in [0.4, 0.5) is 0 Å². The Morgan fingerprint density at radius 3 is 2.58 bits per heavy atom. The summed E-state index contributed by atoms with van der Waals surface area (Å²) in [6.45, 7) is 6.86. The highest BCUT2D eigenvalue weighted by atomic mass is 32.2. The first-order chi connectivity index (χ1) is 8.65. The van der Waals surface area contributed by atoms with Gasteiger partial charge in [-0.25, -0.2) is 13.4 Å². The van der Waals surface area contributed by atoms with Gasteiger partial charge in [-0.1, -0.05) is 0 Å². The van der Waals surface area contributed by atoms with Crippen molar-refractivity contribution in [2.24, 2.45) is 0 Å². The van der Waals surface area contributed by atoms with E-state index in [0.29, 0.717) is 11.4 Å². The van der Waals surface area contributed by atoms with E-state index < -0.39 is 9.84 Å². The van der Waals surface area contributed by atoms with E-state index in [1.54, 1.807) is 18.2 Å². The number of benzene rings is 1. The standard InChI is InChI=1S/C13H19N3O2S/c1-13(2,3)14-8-12-15-10-6-5-9(19(4,17)18)7-11(10)16-12/h5-7,14H,8H2,1-4H3,(H,15,16). The number of hydrogen-bond acceptors (Lipinski definition) is 4. The minimum atomic E-state index is -3.18. The lowest BCUT2D eigenvalue weighted by Crippen LogP contribution is -2.35. The summed E-state index contributed by atoms with van der Waals surface area (Å²) < 4.78 is 23.0. The molecule has 2 rings (SSSR count). The first-order valence-electron chi connectivity index (χ1n) is 6.09. The van der Waals surface area contributed by atoms with Crippen LogP contribution >= 0.6 is 0 Å². The van der Waals surface area contributed by atoms with Crippen molar-refractivity contribution in [1.82, 2.24) is 15.3 Å². The summed E-state index contributed by atoms with van der Waals surface area (Å²) in [6.07, 6.45) is 1.20. The summed E-state index contributed by atoms with van der Waals surface area (Å²) in [5.41, 5.74) is 1.53. The molecule has 0 aliphatic carbocycles. The third-order valence-electron chi connectivity index (χ3n) is 2.72. The third-order valence-corrected chi connectivity index (χ3v) is 3.83. The van der Waals surface area contributed by atoms with E-state index in [9.17, 15) is 8.42 Å². The summed E-state index contributed by atoms with van der Waals surface area (Å²) >= 11 is 0. The van der Waals surface area contributed by atoms with Gasteiger partial charge in [0.1, 0.15) is 5.82 Å². The van der Waals surface area contributed by atoms with Crippen LogP contribution in [0.25, 0.3) is 11.0 Å². The molecule has 1 aromatic heterocycles. The molecule has 0 aliphatic heterocycles. The molecular weight excluding hydrogens is 262 g/mol. The third kappa shape index (κ3) is 3.54. The monoisotopic (exact) mass is 281 g/mol. The van der Waals surface area contributed by atoms with Crippen LogP contribution in [0.5, 0.6) is 0 Å². The van der Waals surface area contributed by atoms with Gasteiger partial charge in [-0.2, -0.15) is 0 Å². The first kappa shape index (κ1) is 14.0. The fraction of sp³-hybridized carbons (Fsp3) is 0.462. The molecule has 0 aliphatic rings. The Labute approximate surface area is 113 Å². The molecule has 0 fully saturated rings. The Bertz CT molecular complexity index is 696. The van der Waals surface area contributed by atoms with Crippen molar-refractivity contribution in [1.29, 1.82) is 0 Å². The van der Waals surface area contributed by atoms with Gasteiger partial charge in [0.05, 0.1) is 22.5 Å². The second-order valence-electron chi connectivity index (χ2n) is 5.74. The Morgan fingerprint density at radius 1 is 1.32 bits per heavy atom. The lowest BCUT2D eigenvalue weighted by Gasteiger charge is -2.19. The van der Waals surface area contributed by atoms with Crippen LogP contribution in [0, 0.1) is 0 Å². The summed E-state index contributed by atoms with van der Waals surface area (Å²) in [7, 11) is -3.18. The SMILES string of the molecule is CC(C)(C)NCc1nc2ccc(S(C)(=O)=O)cc2[nH]1.